The maximum atomic E-state index is 6.37. The molecule has 1 unspecified atom stereocenters. The van der Waals surface area contributed by atoms with Gasteiger partial charge in [0.25, 0.3) is 0 Å². The normalized spacial score (nSPS) is 12.8. The smallest absolute Gasteiger partial charge is 0.0946 e. The van der Waals surface area contributed by atoms with Gasteiger partial charge in [0.05, 0.1) is 24.3 Å². The lowest BCUT2D eigenvalue weighted by atomic mass is 9.97. The summed E-state index contributed by atoms with van der Waals surface area (Å²) in [5.74, 6) is 0. The van der Waals surface area contributed by atoms with Gasteiger partial charge in [0.2, 0.25) is 0 Å². The SMILES string of the molecule is Cn1cncc1C(N)c1cccc2ccccc12. The highest BCUT2D eigenvalue weighted by molar-refractivity contribution is 5.86. The molecule has 2 aromatic carbocycles. The van der Waals surface area contributed by atoms with Crippen LogP contribution in [0.1, 0.15) is 17.3 Å². The zero-order valence-corrected chi connectivity index (χ0v) is 10.2. The van der Waals surface area contributed by atoms with Crippen LogP contribution >= 0.6 is 0 Å². The van der Waals surface area contributed by atoms with Crippen LogP contribution in [0.3, 0.4) is 0 Å². The molecular weight excluding hydrogens is 222 g/mol. The molecule has 0 saturated heterocycles. The standard InChI is InChI=1S/C15H15N3/c1-18-10-17-9-14(18)15(16)13-8-4-6-11-5-2-3-7-12(11)13/h2-10,15H,16H2,1H3. The van der Waals surface area contributed by atoms with Gasteiger partial charge in [0.1, 0.15) is 0 Å². The number of aryl methyl sites for hydroxylation is 1. The van der Waals surface area contributed by atoms with Gasteiger partial charge in [-0.3, -0.25) is 0 Å². The molecule has 0 saturated carbocycles. The van der Waals surface area contributed by atoms with Crippen molar-refractivity contribution < 1.29 is 0 Å². The van der Waals surface area contributed by atoms with Crippen LogP contribution in [-0.4, -0.2) is 9.55 Å². The van der Waals surface area contributed by atoms with Crippen molar-refractivity contribution in [1.82, 2.24) is 9.55 Å². The molecule has 2 N–H and O–H groups in total. The summed E-state index contributed by atoms with van der Waals surface area (Å²) in [6, 6.07) is 14.4. The van der Waals surface area contributed by atoms with Crippen molar-refractivity contribution in [2.45, 2.75) is 6.04 Å². The molecule has 0 fully saturated rings. The van der Waals surface area contributed by atoms with E-state index in [9.17, 15) is 0 Å². The Kier molecular flexibility index (Phi) is 2.61. The average Bonchev–Trinajstić information content (AvgIpc) is 2.83. The number of imidazole rings is 1. The van der Waals surface area contributed by atoms with Crippen LogP contribution in [0, 0.1) is 0 Å². The van der Waals surface area contributed by atoms with Gasteiger partial charge in [-0.05, 0) is 16.3 Å². The molecule has 0 amide bonds. The number of hydrogen-bond acceptors (Lipinski definition) is 2. The zero-order chi connectivity index (χ0) is 12.5. The first-order valence-corrected chi connectivity index (χ1v) is 5.97. The number of nitrogens with zero attached hydrogens (tertiary/aromatic N) is 2. The third-order valence-corrected chi connectivity index (χ3v) is 3.33. The van der Waals surface area contributed by atoms with Crippen LogP contribution in [0.4, 0.5) is 0 Å². The quantitative estimate of drug-likeness (QED) is 0.744. The molecule has 3 rings (SSSR count). The Bertz CT molecular complexity index is 680. The highest BCUT2D eigenvalue weighted by atomic mass is 15.0. The predicted octanol–water partition coefficient (Wildman–Crippen LogP) is 2.62. The van der Waals surface area contributed by atoms with Crippen LogP contribution in [0.2, 0.25) is 0 Å². The van der Waals surface area contributed by atoms with Gasteiger partial charge in [0, 0.05) is 7.05 Å². The highest BCUT2D eigenvalue weighted by Crippen LogP contribution is 2.26. The van der Waals surface area contributed by atoms with Crippen LogP contribution in [-0.2, 0) is 7.05 Å². The van der Waals surface area contributed by atoms with E-state index in [-0.39, 0.29) is 6.04 Å². The number of nitrogens with two attached hydrogens (primary N) is 1. The largest absolute Gasteiger partial charge is 0.336 e. The van der Waals surface area contributed by atoms with Crippen molar-refractivity contribution in [3.63, 3.8) is 0 Å². The monoisotopic (exact) mass is 237 g/mol. The summed E-state index contributed by atoms with van der Waals surface area (Å²) in [7, 11) is 1.97. The molecule has 0 aliphatic carbocycles. The van der Waals surface area contributed by atoms with Gasteiger partial charge in [-0.1, -0.05) is 42.5 Å². The number of rotatable bonds is 2. The molecule has 18 heavy (non-hydrogen) atoms. The van der Waals surface area contributed by atoms with Gasteiger partial charge >= 0.3 is 0 Å². The van der Waals surface area contributed by atoms with Crippen molar-refractivity contribution >= 4 is 10.8 Å². The molecule has 3 aromatic rings. The Morgan fingerprint density at radius 3 is 2.67 bits per heavy atom. The van der Waals surface area contributed by atoms with Crippen molar-refractivity contribution in [3.05, 3.63) is 66.2 Å². The Morgan fingerprint density at radius 2 is 1.89 bits per heavy atom. The van der Waals surface area contributed by atoms with E-state index in [4.69, 9.17) is 5.73 Å². The number of benzene rings is 2. The third kappa shape index (κ3) is 1.69. The molecule has 0 aliphatic heterocycles. The third-order valence-electron chi connectivity index (χ3n) is 3.33. The summed E-state index contributed by atoms with van der Waals surface area (Å²) in [6.45, 7) is 0. The number of aromatic nitrogens is 2. The maximum absolute atomic E-state index is 6.37. The van der Waals surface area contributed by atoms with E-state index in [0.717, 1.165) is 11.3 Å². The second-order valence-corrected chi connectivity index (χ2v) is 4.48. The average molecular weight is 237 g/mol. The molecule has 3 nitrogen and oxygen atoms in total. The summed E-state index contributed by atoms with van der Waals surface area (Å²) in [5.41, 5.74) is 8.52. The van der Waals surface area contributed by atoms with E-state index in [2.05, 4.69) is 29.2 Å². The number of hydrogen-bond donors (Lipinski definition) is 1. The van der Waals surface area contributed by atoms with Crippen molar-refractivity contribution in [2.75, 3.05) is 0 Å². The zero-order valence-electron chi connectivity index (χ0n) is 10.2. The first-order chi connectivity index (χ1) is 8.77. The fourth-order valence-electron chi connectivity index (χ4n) is 2.35. The van der Waals surface area contributed by atoms with Gasteiger partial charge in [0.15, 0.2) is 0 Å². The lowest BCUT2D eigenvalue weighted by Crippen LogP contribution is -2.15. The summed E-state index contributed by atoms with van der Waals surface area (Å²) in [6.07, 6.45) is 3.60. The van der Waals surface area contributed by atoms with E-state index in [1.807, 2.05) is 36.0 Å². The number of fused-ring (bicyclic) bond motifs is 1. The molecule has 1 heterocycles. The molecule has 0 spiro atoms. The second-order valence-electron chi connectivity index (χ2n) is 4.48. The molecule has 1 atom stereocenters. The van der Waals surface area contributed by atoms with E-state index in [1.165, 1.54) is 10.8 Å². The van der Waals surface area contributed by atoms with Crippen LogP contribution in [0.25, 0.3) is 10.8 Å². The maximum Gasteiger partial charge on any atom is 0.0946 e. The van der Waals surface area contributed by atoms with E-state index >= 15 is 0 Å². The Morgan fingerprint density at radius 1 is 1.11 bits per heavy atom. The molecular formula is C15H15N3. The summed E-state index contributed by atoms with van der Waals surface area (Å²) in [4.78, 5) is 4.13. The lowest BCUT2D eigenvalue weighted by molar-refractivity contribution is 0.750. The highest BCUT2D eigenvalue weighted by Gasteiger charge is 2.14. The Labute approximate surface area is 106 Å². The second kappa shape index (κ2) is 4.27. The summed E-state index contributed by atoms with van der Waals surface area (Å²) in [5, 5.41) is 2.42. The Balaban J connectivity index is 2.18. The van der Waals surface area contributed by atoms with Gasteiger partial charge in [-0.15, -0.1) is 0 Å². The van der Waals surface area contributed by atoms with E-state index in [0.29, 0.717) is 0 Å². The molecule has 0 aliphatic rings. The van der Waals surface area contributed by atoms with Gasteiger partial charge in [-0.2, -0.15) is 0 Å². The molecule has 0 bridgehead atoms. The van der Waals surface area contributed by atoms with Crippen molar-refractivity contribution in [1.29, 1.82) is 0 Å². The first-order valence-electron chi connectivity index (χ1n) is 5.97. The topological polar surface area (TPSA) is 43.8 Å². The first kappa shape index (κ1) is 11.0. The Hall–Kier alpha value is -2.13. The molecule has 1 aromatic heterocycles. The van der Waals surface area contributed by atoms with Crippen LogP contribution in [0.15, 0.2) is 55.0 Å². The molecule has 90 valence electrons. The van der Waals surface area contributed by atoms with Crippen LogP contribution in [0.5, 0.6) is 0 Å². The summed E-state index contributed by atoms with van der Waals surface area (Å²) >= 11 is 0. The van der Waals surface area contributed by atoms with Gasteiger partial charge < -0.3 is 10.3 Å². The molecule has 3 heteroatoms. The fourth-order valence-corrected chi connectivity index (χ4v) is 2.35. The minimum Gasteiger partial charge on any atom is -0.336 e. The van der Waals surface area contributed by atoms with Crippen molar-refractivity contribution in [3.8, 4) is 0 Å². The lowest BCUT2D eigenvalue weighted by Gasteiger charge is -2.15. The minimum absolute atomic E-state index is 0.149. The van der Waals surface area contributed by atoms with E-state index in [1.54, 1.807) is 6.33 Å². The van der Waals surface area contributed by atoms with Crippen molar-refractivity contribution in [2.24, 2.45) is 12.8 Å². The van der Waals surface area contributed by atoms with Gasteiger partial charge in [-0.25, -0.2) is 4.98 Å². The van der Waals surface area contributed by atoms with Crippen LogP contribution < -0.4 is 5.73 Å². The predicted molar refractivity (Wildman–Crippen MR) is 73.2 cm³/mol. The fraction of sp³-hybridized carbons (Fsp3) is 0.133. The molecule has 0 radical (unpaired) electrons. The van der Waals surface area contributed by atoms with E-state index < -0.39 is 0 Å². The summed E-state index contributed by atoms with van der Waals surface area (Å²) < 4.78 is 1.96. The minimum atomic E-state index is -0.149.